The van der Waals surface area contributed by atoms with E-state index in [2.05, 4.69) is 0 Å². The maximum absolute atomic E-state index is 10.4. The second kappa shape index (κ2) is 7.73. The molecule has 0 bridgehead atoms. The lowest BCUT2D eigenvalue weighted by Crippen LogP contribution is -2.59. The molecule has 112 valence electrons. The topological polar surface area (TPSA) is 146 Å². The van der Waals surface area contributed by atoms with Crippen molar-refractivity contribution in [2.75, 3.05) is 13.2 Å². The van der Waals surface area contributed by atoms with E-state index in [0.717, 1.165) is 0 Å². The summed E-state index contributed by atoms with van der Waals surface area (Å²) in [7, 11) is 0. The van der Waals surface area contributed by atoms with Crippen LogP contribution in [0.3, 0.4) is 0 Å². The van der Waals surface area contributed by atoms with Crippen LogP contribution in [0.15, 0.2) is 0 Å². The minimum Gasteiger partial charge on any atom is -0.862 e. The third-order valence-corrected chi connectivity index (χ3v) is 2.93. The van der Waals surface area contributed by atoms with Crippen LogP contribution in [0, 0.1) is 5.41 Å². The zero-order chi connectivity index (χ0) is 14.4. The van der Waals surface area contributed by atoms with Crippen LogP contribution in [-0.4, -0.2) is 70.2 Å². The summed E-state index contributed by atoms with van der Waals surface area (Å²) in [5, 5.41) is 54.7. The third-order valence-electron chi connectivity index (χ3n) is 2.93. The Labute approximate surface area is 110 Å². The van der Waals surface area contributed by atoms with Crippen molar-refractivity contribution in [1.29, 1.82) is 5.41 Å². The van der Waals surface area contributed by atoms with Crippen molar-refractivity contribution in [3.05, 3.63) is 0 Å². The minimum absolute atomic E-state index is 0.137. The number of hydrogen-bond acceptors (Lipinski definition) is 8. The van der Waals surface area contributed by atoms with Gasteiger partial charge >= 0.3 is 0 Å². The number of aliphatic hydroxyl groups is 4. The summed E-state index contributed by atoms with van der Waals surface area (Å²) in [6, 6.07) is 0. The molecule has 0 radical (unpaired) electrons. The van der Waals surface area contributed by atoms with Crippen LogP contribution in [-0.2, 0) is 9.47 Å². The summed E-state index contributed by atoms with van der Waals surface area (Å²) in [5.74, 6) is -0.646. The van der Waals surface area contributed by atoms with Crippen LogP contribution in [0.2, 0.25) is 0 Å². The molecule has 1 rings (SSSR count). The lowest BCUT2D eigenvalue weighted by molar-refractivity contribution is -0.301. The monoisotopic (exact) mass is 278 g/mol. The Balaban J connectivity index is 2.33. The summed E-state index contributed by atoms with van der Waals surface area (Å²) in [6.45, 7) is -0.325. The Morgan fingerprint density at radius 2 is 1.84 bits per heavy atom. The quantitative estimate of drug-likeness (QED) is 0.193. The Hall–Kier alpha value is -0.770. The molecule has 1 heterocycles. The number of unbranched alkanes of at least 4 members (excludes halogenated alkanes) is 1. The third kappa shape index (κ3) is 4.68. The van der Waals surface area contributed by atoms with Crippen LogP contribution >= 0.6 is 0 Å². The Kier molecular flexibility index (Phi) is 6.63. The fraction of sp³-hybridized carbons (Fsp3) is 0.909. The second-order valence-corrected chi connectivity index (χ2v) is 4.45. The molecule has 0 aromatic heterocycles. The van der Waals surface area contributed by atoms with E-state index >= 15 is 0 Å². The first-order chi connectivity index (χ1) is 8.97. The average molecular weight is 278 g/mol. The molecule has 8 heteroatoms. The van der Waals surface area contributed by atoms with Gasteiger partial charge in [0, 0.05) is 6.61 Å². The molecule has 0 saturated carbocycles. The highest BCUT2D eigenvalue weighted by Gasteiger charge is 2.43. The van der Waals surface area contributed by atoms with E-state index in [0.29, 0.717) is 12.8 Å². The fourth-order valence-corrected chi connectivity index (χ4v) is 1.79. The van der Waals surface area contributed by atoms with Gasteiger partial charge < -0.3 is 40.4 Å². The highest BCUT2D eigenvalue weighted by Crippen LogP contribution is 2.22. The number of ether oxygens (including phenoxy) is 2. The summed E-state index contributed by atoms with van der Waals surface area (Å²) in [4.78, 5) is 0. The van der Waals surface area contributed by atoms with E-state index in [-0.39, 0.29) is 13.0 Å². The predicted molar refractivity (Wildman–Crippen MR) is 61.3 cm³/mol. The molecule has 0 aliphatic carbocycles. The van der Waals surface area contributed by atoms with Crippen molar-refractivity contribution < 1.29 is 35.0 Å². The number of nitrogens with one attached hydrogen (secondary N) is 1. The van der Waals surface area contributed by atoms with E-state index in [9.17, 15) is 20.4 Å². The molecule has 0 amide bonds. The molecule has 1 saturated heterocycles. The number of hydrogen-bond donors (Lipinski definition) is 5. The highest BCUT2D eigenvalue weighted by molar-refractivity contribution is 5.67. The van der Waals surface area contributed by atoms with Crippen molar-refractivity contribution in [3.63, 3.8) is 0 Å². The first-order valence-electron chi connectivity index (χ1n) is 6.14. The van der Waals surface area contributed by atoms with E-state index < -0.39 is 43.2 Å². The maximum Gasteiger partial charge on any atom is 0.186 e. The standard InChI is InChI=1S/C11H21NO7/c12-7(14)3-1-2-4-18-11-10(17)9(16)8(15)6(5-13)19-11/h6,8-11,13,15-17H,1-5H2,(H2,12,14)/p-1. The van der Waals surface area contributed by atoms with E-state index in [1.807, 2.05) is 0 Å². The van der Waals surface area contributed by atoms with Crippen molar-refractivity contribution in [3.8, 4) is 0 Å². The molecule has 5 atom stereocenters. The summed E-state index contributed by atoms with van der Waals surface area (Å²) >= 11 is 0. The van der Waals surface area contributed by atoms with Crippen molar-refractivity contribution >= 4 is 5.90 Å². The van der Waals surface area contributed by atoms with Gasteiger partial charge in [0.2, 0.25) is 0 Å². The van der Waals surface area contributed by atoms with Crippen molar-refractivity contribution in [2.24, 2.45) is 0 Å². The number of aliphatic hydroxyl groups excluding tert-OH is 4. The highest BCUT2D eigenvalue weighted by atomic mass is 16.7. The minimum atomic E-state index is -1.45. The first kappa shape index (κ1) is 16.3. The largest absolute Gasteiger partial charge is 0.862 e. The predicted octanol–water partition coefficient (Wildman–Crippen LogP) is -2.69. The maximum atomic E-state index is 10.4. The van der Waals surface area contributed by atoms with E-state index in [4.69, 9.17) is 20.0 Å². The van der Waals surface area contributed by atoms with Crippen LogP contribution < -0.4 is 5.11 Å². The zero-order valence-electron chi connectivity index (χ0n) is 10.4. The Morgan fingerprint density at radius 3 is 2.42 bits per heavy atom. The zero-order valence-corrected chi connectivity index (χ0v) is 10.4. The van der Waals surface area contributed by atoms with Gasteiger partial charge in [-0.1, -0.05) is 0 Å². The number of rotatable bonds is 7. The van der Waals surface area contributed by atoms with Gasteiger partial charge in [-0.15, -0.1) is 0 Å². The first-order valence-corrected chi connectivity index (χ1v) is 6.14. The molecule has 1 aliphatic rings. The van der Waals surface area contributed by atoms with Gasteiger partial charge in [0.15, 0.2) is 6.29 Å². The lowest BCUT2D eigenvalue weighted by atomic mass is 9.99. The molecule has 0 aromatic carbocycles. The molecule has 0 aromatic rings. The summed E-state index contributed by atoms with van der Waals surface area (Å²) in [5.41, 5.74) is 0. The van der Waals surface area contributed by atoms with Gasteiger partial charge in [0.05, 0.1) is 6.61 Å². The smallest absolute Gasteiger partial charge is 0.186 e. The molecule has 1 fully saturated rings. The second-order valence-electron chi connectivity index (χ2n) is 4.45. The fourth-order valence-electron chi connectivity index (χ4n) is 1.79. The summed E-state index contributed by atoms with van der Waals surface area (Å²) in [6.07, 6.45) is -5.26. The van der Waals surface area contributed by atoms with Crippen molar-refractivity contribution in [1.82, 2.24) is 0 Å². The average Bonchev–Trinajstić information content (AvgIpc) is 2.37. The Morgan fingerprint density at radius 1 is 1.16 bits per heavy atom. The molecule has 1 aliphatic heterocycles. The molecular weight excluding hydrogens is 258 g/mol. The van der Waals surface area contributed by atoms with Crippen molar-refractivity contribution in [2.45, 2.75) is 50.0 Å². The van der Waals surface area contributed by atoms with Gasteiger partial charge in [0.1, 0.15) is 24.4 Å². The van der Waals surface area contributed by atoms with Crippen LogP contribution in [0.5, 0.6) is 0 Å². The van der Waals surface area contributed by atoms with E-state index in [1.54, 1.807) is 0 Å². The van der Waals surface area contributed by atoms with Gasteiger partial charge in [-0.2, -0.15) is 0 Å². The molecule has 0 spiro atoms. The van der Waals surface area contributed by atoms with Crippen LogP contribution in [0.25, 0.3) is 0 Å². The van der Waals surface area contributed by atoms with Crippen LogP contribution in [0.1, 0.15) is 19.3 Å². The normalized spacial score (nSPS) is 35.3. The van der Waals surface area contributed by atoms with Gasteiger partial charge in [-0.25, -0.2) is 0 Å². The molecule has 5 N–H and O–H groups in total. The lowest BCUT2D eigenvalue weighted by Gasteiger charge is -2.39. The molecule has 8 nitrogen and oxygen atoms in total. The SMILES string of the molecule is N=C([O-])CCCCOC1OC(CO)C(O)C(O)C1O. The Bertz CT molecular complexity index is 286. The van der Waals surface area contributed by atoms with Gasteiger partial charge in [-0.05, 0) is 25.2 Å². The molecular formula is C11H20NO7-. The van der Waals surface area contributed by atoms with Gasteiger partial charge in [0.25, 0.3) is 0 Å². The van der Waals surface area contributed by atoms with Crippen LogP contribution in [0.4, 0.5) is 0 Å². The molecule has 19 heavy (non-hydrogen) atoms. The van der Waals surface area contributed by atoms with Gasteiger partial charge in [-0.3, -0.25) is 0 Å². The molecule has 5 unspecified atom stereocenters. The summed E-state index contributed by atoms with van der Waals surface area (Å²) < 4.78 is 10.3. The van der Waals surface area contributed by atoms with E-state index in [1.165, 1.54) is 0 Å².